The normalized spacial score (nSPS) is 3.00. The van der Waals surface area contributed by atoms with Crippen molar-refractivity contribution in [1.29, 1.82) is 0 Å². The summed E-state index contributed by atoms with van der Waals surface area (Å²) < 4.78 is 0. The molecule has 0 rings (SSSR count). The predicted octanol–water partition coefficient (Wildman–Crippen LogP) is 1.09. The Bertz CT molecular complexity index is 19.0. The molecule has 6 heavy (non-hydrogen) atoms. The number of hydrogen-bond donors (Lipinski definition) is 0. The topological polar surface area (TPSA) is 52.5 Å². The minimum atomic E-state index is 0. The van der Waals surface area contributed by atoms with Gasteiger partial charge in [-0.25, -0.2) is 0 Å². The van der Waals surface area contributed by atoms with Crippen LogP contribution in [0.15, 0.2) is 5.34 Å². The van der Waals surface area contributed by atoms with Crippen LogP contribution < -0.4 is 0 Å². The summed E-state index contributed by atoms with van der Waals surface area (Å²) >= 11 is 0. The van der Waals surface area contributed by atoms with E-state index in [1.165, 1.54) is 0 Å². The van der Waals surface area contributed by atoms with Crippen molar-refractivity contribution in [1.82, 2.24) is 0 Å². The van der Waals surface area contributed by atoms with Crippen molar-refractivity contribution in [2.45, 2.75) is 6.92 Å². The third kappa shape index (κ3) is 218. The summed E-state index contributed by atoms with van der Waals surface area (Å²) in [5, 5.41) is 9.00. The van der Waals surface area contributed by atoms with Gasteiger partial charge in [0.15, 0.2) is 0 Å². The molecule has 4 heteroatoms. The monoisotopic (exact) mass is 164 g/mol. The summed E-state index contributed by atoms with van der Waals surface area (Å²) in [4.78, 5) is 8.00. The Morgan fingerprint density at radius 1 is 1.67 bits per heavy atom. The molecule has 0 saturated heterocycles. The van der Waals surface area contributed by atoms with E-state index in [9.17, 15) is 0 Å². The van der Waals surface area contributed by atoms with Crippen LogP contribution in [-0.4, -0.2) is 0 Å². The minimum absolute atomic E-state index is 0. The zero-order valence-electron chi connectivity index (χ0n) is 3.55. The largest absolute Gasteiger partial charge is 0.444 e. The SMILES string of the molecule is O=N[O-].[CH2-]C.[Y]. The van der Waals surface area contributed by atoms with E-state index in [1.807, 2.05) is 0 Å². The first-order valence-electron chi connectivity index (χ1n) is 1.07. The molecule has 0 amide bonds. The van der Waals surface area contributed by atoms with E-state index in [4.69, 9.17) is 10.1 Å². The molecule has 0 aliphatic rings. The standard InChI is InChI=1S/C2H5.HNO2.Y/c1-2;2-1-3;/h1H2,2H3;(H,2,3);/q-1;;/p-1. The third-order valence-corrected chi connectivity index (χ3v) is 0. The molecular formula is C2H5NO2Y-2. The van der Waals surface area contributed by atoms with Gasteiger partial charge in [-0.1, -0.05) is 0 Å². The van der Waals surface area contributed by atoms with Crippen LogP contribution in [0.4, 0.5) is 0 Å². The zero-order valence-corrected chi connectivity index (χ0v) is 6.39. The molecule has 0 heterocycles. The van der Waals surface area contributed by atoms with Crippen molar-refractivity contribution in [3.8, 4) is 0 Å². The van der Waals surface area contributed by atoms with Crippen LogP contribution in [0.2, 0.25) is 0 Å². The molecule has 0 aliphatic carbocycles. The summed E-state index contributed by atoms with van der Waals surface area (Å²) in [5.41, 5.74) is 0. The van der Waals surface area contributed by atoms with Gasteiger partial charge in [-0.3, -0.25) is 0 Å². The number of rotatable bonds is 0. The summed E-state index contributed by atoms with van der Waals surface area (Å²) in [6.45, 7) is 5.00. The zero-order chi connectivity index (χ0) is 4.71. The molecule has 0 saturated carbocycles. The predicted molar refractivity (Wildman–Crippen MR) is 20.2 cm³/mol. The fourth-order valence-corrected chi connectivity index (χ4v) is 0. The minimum Gasteiger partial charge on any atom is -0.444 e. The second-order valence-corrected chi connectivity index (χ2v) is 0.0745. The molecule has 0 aromatic carbocycles. The molecule has 0 fully saturated rings. The Kier molecular flexibility index (Phi) is 132. The van der Waals surface area contributed by atoms with Crippen LogP contribution in [0.1, 0.15) is 6.92 Å². The van der Waals surface area contributed by atoms with Gasteiger partial charge in [0, 0.05) is 32.7 Å². The third-order valence-electron chi connectivity index (χ3n) is 0. The molecule has 1 radical (unpaired) electrons. The van der Waals surface area contributed by atoms with Crippen LogP contribution in [-0.2, 0) is 32.7 Å². The average molecular weight is 164 g/mol. The number of hydrogen-bond acceptors (Lipinski definition) is 3. The second-order valence-electron chi connectivity index (χ2n) is 0.0745. The number of nitrogens with zero attached hydrogens (tertiary/aromatic N) is 1. The Morgan fingerprint density at radius 3 is 1.67 bits per heavy atom. The summed E-state index contributed by atoms with van der Waals surface area (Å²) in [7, 11) is 0. The Hall–Kier alpha value is 0.504. The molecule has 0 bridgehead atoms. The summed E-state index contributed by atoms with van der Waals surface area (Å²) in [6.07, 6.45) is 0. The average Bonchev–Trinajstić information content (AvgIpc) is 1.46. The van der Waals surface area contributed by atoms with Gasteiger partial charge in [0.1, 0.15) is 0 Å². The molecule has 0 N–H and O–H groups in total. The van der Waals surface area contributed by atoms with Gasteiger partial charge < -0.3 is 17.0 Å². The van der Waals surface area contributed by atoms with Gasteiger partial charge in [-0.15, -0.1) is 5.34 Å². The van der Waals surface area contributed by atoms with Crippen LogP contribution in [0.5, 0.6) is 0 Å². The fraction of sp³-hybridized carbons (Fsp3) is 0.500. The first-order valence-corrected chi connectivity index (χ1v) is 1.07. The first kappa shape index (κ1) is 16.0. The van der Waals surface area contributed by atoms with Crippen molar-refractivity contribution >= 4 is 0 Å². The summed E-state index contributed by atoms with van der Waals surface area (Å²) in [6, 6.07) is 0. The van der Waals surface area contributed by atoms with Gasteiger partial charge in [0.25, 0.3) is 0 Å². The van der Waals surface area contributed by atoms with E-state index in [0.717, 1.165) is 5.34 Å². The second kappa shape index (κ2) is 49.4. The van der Waals surface area contributed by atoms with Gasteiger partial charge in [-0.05, 0) is 0 Å². The van der Waals surface area contributed by atoms with Crippen molar-refractivity contribution < 1.29 is 32.7 Å². The maximum atomic E-state index is 8.00. The first-order chi connectivity index (χ1) is 2.41. The summed E-state index contributed by atoms with van der Waals surface area (Å²) in [5.74, 6) is 0. The van der Waals surface area contributed by atoms with E-state index in [-0.39, 0.29) is 32.7 Å². The van der Waals surface area contributed by atoms with Crippen molar-refractivity contribution in [2.24, 2.45) is 5.34 Å². The van der Waals surface area contributed by atoms with E-state index >= 15 is 0 Å². The molecule has 0 atom stereocenters. The maximum Gasteiger partial charge on any atom is 0 e. The van der Waals surface area contributed by atoms with Crippen molar-refractivity contribution in [3.05, 3.63) is 17.0 Å². The smallest absolute Gasteiger partial charge is 0 e. The quantitative estimate of drug-likeness (QED) is 0.305. The molecule has 0 unspecified atom stereocenters. The Balaban J connectivity index is -0.0000000275. The molecule has 3 nitrogen and oxygen atoms in total. The van der Waals surface area contributed by atoms with Crippen LogP contribution in [0, 0.1) is 17.0 Å². The molecular weight excluding hydrogens is 159 g/mol. The Labute approximate surface area is 61.9 Å². The van der Waals surface area contributed by atoms with E-state index in [0.29, 0.717) is 0 Å². The molecule has 0 aromatic rings. The fourth-order valence-electron chi connectivity index (χ4n) is 0. The van der Waals surface area contributed by atoms with E-state index in [2.05, 4.69) is 6.92 Å². The molecule has 0 aliphatic heterocycles. The van der Waals surface area contributed by atoms with Gasteiger partial charge in [0.2, 0.25) is 0 Å². The van der Waals surface area contributed by atoms with Crippen molar-refractivity contribution in [2.75, 3.05) is 0 Å². The van der Waals surface area contributed by atoms with Crippen LogP contribution in [0.3, 0.4) is 0 Å². The van der Waals surface area contributed by atoms with E-state index in [1.54, 1.807) is 6.92 Å². The van der Waals surface area contributed by atoms with Gasteiger partial charge >= 0.3 is 0 Å². The van der Waals surface area contributed by atoms with Gasteiger partial charge in [0.05, 0.1) is 0 Å². The van der Waals surface area contributed by atoms with Gasteiger partial charge in [-0.2, -0.15) is 6.92 Å². The van der Waals surface area contributed by atoms with Crippen LogP contribution >= 0.6 is 0 Å². The Morgan fingerprint density at radius 2 is 1.67 bits per heavy atom. The van der Waals surface area contributed by atoms with E-state index < -0.39 is 0 Å². The molecule has 0 aromatic heterocycles. The van der Waals surface area contributed by atoms with Crippen molar-refractivity contribution in [3.63, 3.8) is 0 Å². The maximum absolute atomic E-state index is 8.00. The molecule has 35 valence electrons. The van der Waals surface area contributed by atoms with Crippen LogP contribution in [0.25, 0.3) is 0 Å². The molecule has 0 spiro atoms.